The zero-order valence-electron chi connectivity index (χ0n) is 28.4. The van der Waals surface area contributed by atoms with Gasteiger partial charge in [0.2, 0.25) is 0 Å². The molecule has 0 amide bonds. The number of hydrogen-bond acceptors (Lipinski definition) is 2. The summed E-state index contributed by atoms with van der Waals surface area (Å²) in [5.41, 5.74) is 14.6. The molecule has 0 atom stereocenters. The second-order valence-electron chi connectivity index (χ2n) is 14.0. The Morgan fingerprint density at radius 3 is 1.57 bits per heavy atom. The van der Waals surface area contributed by atoms with Gasteiger partial charge >= 0.3 is 0 Å². The van der Waals surface area contributed by atoms with Gasteiger partial charge in [0.25, 0.3) is 0 Å². The summed E-state index contributed by atoms with van der Waals surface area (Å²) < 4.78 is 0. The molecule has 9 rings (SSSR count). The molecular weight excluding hydrogens is 619 g/mol. The van der Waals surface area contributed by atoms with Crippen molar-refractivity contribution >= 4 is 22.7 Å². The first-order chi connectivity index (χ1) is 24.9. The molecule has 0 saturated carbocycles. The molecule has 0 saturated heterocycles. The average molecular weight is 652 g/mol. The van der Waals surface area contributed by atoms with Gasteiger partial charge in [0, 0.05) is 11.1 Å². The van der Waals surface area contributed by atoms with Crippen LogP contribution in [0.15, 0.2) is 164 Å². The molecule has 0 N–H and O–H groups in total. The molecule has 0 radical (unpaired) electrons. The molecule has 0 bridgehead atoms. The minimum atomic E-state index is -0.781. The minimum Gasteiger partial charge on any atom is -0.310 e. The van der Waals surface area contributed by atoms with E-state index < -0.39 is 5.41 Å². The monoisotopic (exact) mass is 651 g/mol. The summed E-state index contributed by atoms with van der Waals surface area (Å²) in [7, 11) is 0. The molecule has 7 aromatic rings. The molecule has 51 heavy (non-hydrogen) atoms. The van der Waals surface area contributed by atoms with E-state index in [9.17, 15) is 5.26 Å². The van der Waals surface area contributed by atoms with Crippen molar-refractivity contribution in [3.05, 3.63) is 214 Å². The first-order valence-corrected chi connectivity index (χ1v) is 17.3. The van der Waals surface area contributed by atoms with Crippen LogP contribution in [0.1, 0.15) is 52.8 Å². The predicted octanol–water partition coefficient (Wildman–Crippen LogP) is 12.2. The Bertz CT molecular complexity index is 2410. The van der Waals surface area contributed by atoms with Crippen molar-refractivity contribution < 1.29 is 0 Å². The van der Waals surface area contributed by atoms with Crippen LogP contribution in [0.4, 0.5) is 22.7 Å². The summed E-state index contributed by atoms with van der Waals surface area (Å²) in [4.78, 5) is 6.34. The van der Waals surface area contributed by atoms with Crippen LogP contribution in [0.25, 0.3) is 27.1 Å². The van der Waals surface area contributed by atoms with Crippen molar-refractivity contribution in [3.63, 3.8) is 0 Å². The van der Waals surface area contributed by atoms with E-state index in [4.69, 9.17) is 6.57 Å². The highest BCUT2D eigenvalue weighted by atomic mass is 15.2. The standard InChI is InChI=1S/C48H33N3/c1-47(2)39-24-22-32(31-49)26-43(39)48(44-30-37(50-3)23-25-40(44)47)41-18-10-12-20-45(41)51(46-21-13-11-19-42(46)48)38-28-35(33-14-6-4-7-15-33)27-36(29-38)34-16-8-5-9-17-34/h4-30H,1-2H3. The van der Waals surface area contributed by atoms with Crippen molar-refractivity contribution in [2.45, 2.75) is 24.7 Å². The highest BCUT2D eigenvalue weighted by Gasteiger charge is 2.53. The zero-order valence-corrected chi connectivity index (χ0v) is 28.4. The summed E-state index contributed by atoms with van der Waals surface area (Å²) in [6.45, 7) is 12.6. The lowest BCUT2D eigenvalue weighted by molar-refractivity contribution is 0.556. The topological polar surface area (TPSA) is 31.4 Å². The molecule has 1 aliphatic heterocycles. The molecule has 7 aromatic carbocycles. The van der Waals surface area contributed by atoms with Crippen molar-refractivity contribution in [3.8, 4) is 28.3 Å². The van der Waals surface area contributed by atoms with Crippen LogP contribution in [-0.4, -0.2) is 0 Å². The van der Waals surface area contributed by atoms with Crippen LogP contribution in [0.3, 0.4) is 0 Å². The van der Waals surface area contributed by atoms with Gasteiger partial charge in [0.05, 0.1) is 35.0 Å². The Hall–Kier alpha value is -6.68. The fourth-order valence-electron chi connectivity index (χ4n) is 8.66. The first kappa shape index (κ1) is 30.4. The Kier molecular flexibility index (Phi) is 6.82. The van der Waals surface area contributed by atoms with Crippen LogP contribution in [0.2, 0.25) is 0 Å². The zero-order chi connectivity index (χ0) is 34.7. The molecule has 0 aromatic heterocycles. The van der Waals surface area contributed by atoms with Crippen LogP contribution in [0, 0.1) is 17.9 Å². The second-order valence-corrected chi connectivity index (χ2v) is 14.0. The van der Waals surface area contributed by atoms with Crippen molar-refractivity contribution in [1.29, 1.82) is 5.26 Å². The van der Waals surface area contributed by atoms with Crippen LogP contribution in [0.5, 0.6) is 0 Å². The Balaban J connectivity index is 1.41. The average Bonchev–Trinajstić information content (AvgIpc) is 3.19. The second kappa shape index (κ2) is 11.4. The summed E-state index contributed by atoms with van der Waals surface area (Å²) in [5, 5.41) is 10.3. The normalized spacial score (nSPS) is 14.3. The van der Waals surface area contributed by atoms with E-state index in [1.165, 1.54) is 11.1 Å². The van der Waals surface area contributed by atoms with Crippen LogP contribution < -0.4 is 4.90 Å². The summed E-state index contributed by atoms with van der Waals surface area (Å²) in [6, 6.07) is 60.2. The number of nitriles is 1. The van der Waals surface area contributed by atoms with Gasteiger partial charge in [-0.25, -0.2) is 4.85 Å². The lowest BCUT2D eigenvalue weighted by Gasteiger charge is -2.52. The molecule has 0 fully saturated rings. The van der Waals surface area contributed by atoms with Crippen LogP contribution in [-0.2, 0) is 10.8 Å². The van der Waals surface area contributed by atoms with Gasteiger partial charge < -0.3 is 4.90 Å². The quantitative estimate of drug-likeness (QED) is 0.178. The maximum atomic E-state index is 10.3. The number of anilines is 3. The van der Waals surface area contributed by atoms with Gasteiger partial charge in [0.15, 0.2) is 5.69 Å². The highest BCUT2D eigenvalue weighted by molar-refractivity contribution is 5.93. The molecule has 3 heteroatoms. The van der Waals surface area contributed by atoms with Gasteiger partial charge in [0.1, 0.15) is 0 Å². The largest absolute Gasteiger partial charge is 0.310 e. The van der Waals surface area contributed by atoms with Crippen molar-refractivity contribution in [2.75, 3.05) is 4.90 Å². The van der Waals surface area contributed by atoms with Gasteiger partial charge in [-0.05, 0) is 98.1 Å². The van der Waals surface area contributed by atoms with Crippen molar-refractivity contribution in [1.82, 2.24) is 0 Å². The molecule has 1 spiro atoms. The number of hydrogen-bond donors (Lipinski definition) is 0. The third-order valence-electron chi connectivity index (χ3n) is 10.9. The molecule has 3 nitrogen and oxygen atoms in total. The Morgan fingerprint density at radius 1 is 0.510 bits per heavy atom. The highest BCUT2D eigenvalue weighted by Crippen LogP contribution is 2.63. The Labute approximate surface area is 299 Å². The lowest BCUT2D eigenvalue weighted by Crippen LogP contribution is -2.45. The van der Waals surface area contributed by atoms with E-state index in [0.29, 0.717) is 11.3 Å². The van der Waals surface area contributed by atoms with E-state index in [-0.39, 0.29) is 5.41 Å². The molecule has 2 aliphatic rings. The first-order valence-electron chi connectivity index (χ1n) is 17.3. The van der Waals surface area contributed by atoms with Crippen LogP contribution >= 0.6 is 0 Å². The van der Waals surface area contributed by atoms with E-state index in [1.54, 1.807) is 0 Å². The molecule has 0 unspecified atom stereocenters. The Morgan fingerprint density at radius 2 is 1.02 bits per heavy atom. The summed E-state index contributed by atoms with van der Waals surface area (Å²) >= 11 is 0. The van der Waals surface area contributed by atoms with Gasteiger partial charge in [-0.1, -0.05) is 135 Å². The SMILES string of the molecule is [C-]#[N+]c1ccc2c(c1)C1(c3ccccc3N(c3cc(-c4ccccc4)cc(-c4ccccc4)c3)c3ccccc31)c1cc(C#N)ccc1C2(C)C. The van der Waals surface area contributed by atoms with Gasteiger partial charge in [-0.15, -0.1) is 0 Å². The number of rotatable bonds is 3. The third kappa shape index (κ3) is 4.42. The predicted molar refractivity (Wildman–Crippen MR) is 207 cm³/mol. The van der Waals surface area contributed by atoms with Crippen molar-refractivity contribution in [2.24, 2.45) is 0 Å². The van der Waals surface area contributed by atoms with E-state index >= 15 is 0 Å². The summed E-state index contributed by atoms with van der Waals surface area (Å²) in [6.07, 6.45) is 0. The molecule has 1 aliphatic carbocycles. The third-order valence-corrected chi connectivity index (χ3v) is 10.9. The van der Waals surface area contributed by atoms with E-state index in [1.807, 2.05) is 12.1 Å². The number of benzene rings is 7. The minimum absolute atomic E-state index is 0.361. The number of para-hydroxylation sites is 2. The number of nitrogens with zero attached hydrogens (tertiary/aromatic N) is 3. The molecule has 1 heterocycles. The summed E-state index contributed by atoms with van der Waals surface area (Å²) in [5.74, 6) is 0. The number of fused-ring (bicyclic) bond motifs is 8. The molecular formula is C48H33N3. The van der Waals surface area contributed by atoms with E-state index in [0.717, 1.165) is 61.6 Å². The fraction of sp³-hybridized carbons (Fsp3) is 0.0833. The maximum Gasteiger partial charge on any atom is 0.187 e. The molecule has 240 valence electrons. The lowest BCUT2D eigenvalue weighted by atomic mass is 9.53. The van der Waals surface area contributed by atoms with Gasteiger partial charge in [-0.2, -0.15) is 5.26 Å². The van der Waals surface area contributed by atoms with Gasteiger partial charge in [-0.3, -0.25) is 0 Å². The van der Waals surface area contributed by atoms with E-state index in [2.05, 4.69) is 181 Å². The maximum absolute atomic E-state index is 10.3. The smallest absolute Gasteiger partial charge is 0.187 e. The fourth-order valence-corrected chi connectivity index (χ4v) is 8.66.